The summed E-state index contributed by atoms with van der Waals surface area (Å²) in [6.07, 6.45) is 4.43. The third-order valence-corrected chi connectivity index (χ3v) is 4.76. The van der Waals surface area contributed by atoms with Crippen molar-refractivity contribution < 1.29 is 14.3 Å². The summed E-state index contributed by atoms with van der Waals surface area (Å²) in [5.74, 6) is -1.01. The monoisotopic (exact) mass is 444 g/mol. The number of aromatic nitrogens is 1. The van der Waals surface area contributed by atoms with E-state index in [4.69, 9.17) is 0 Å². The fourth-order valence-electron chi connectivity index (χ4n) is 2.08. The Morgan fingerprint density at radius 1 is 1.26 bits per heavy atom. The molecule has 136 valence electrons. The number of hydrogen-bond acceptors (Lipinski definition) is 7. The van der Waals surface area contributed by atoms with Crippen LogP contribution in [0.25, 0.3) is 11.3 Å². The van der Waals surface area contributed by atoms with Crippen molar-refractivity contribution in [2.45, 2.75) is 0 Å². The quantitative estimate of drug-likeness (QED) is 0.338. The van der Waals surface area contributed by atoms with Gasteiger partial charge in [-0.05, 0) is 45.4 Å². The highest BCUT2D eigenvalue weighted by Crippen LogP contribution is 2.23. The molecule has 0 atom stereocenters. The number of halogens is 1. The first-order chi connectivity index (χ1) is 13.0. The number of thioether (sulfide) groups is 1. The van der Waals surface area contributed by atoms with Gasteiger partial charge in [0.1, 0.15) is 0 Å². The van der Waals surface area contributed by atoms with Crippen LogP contribution in [0.3, 0.4) is 0 Å². The summed E-state index contributed by atoms with van der Waals surface area (Å²) in [5.41, 5.74) is 2.71. The van der Waals surface area contributed by atoms with Crippen LogP contribution in [0.15, 0.2) is 68.3 Å². The first-order valence-electron chi connectivity index (χ1n) is 7.67. The Kier molecular flexibility index (Phi) is 6.15. The molecule has 0 saturated carbocycles. The maximum absolute atomic E-state index is 11.7. The van der Waals surface area contributed by atoms with Gasteiger partial charge < -0.3 is 4.74 Å². The Labute approximate surface area is 167 Å². The highest BCUT2D eigenvalue weighted by atomic mass is 79.9. The standard InChI is InChI=1S/C18H13BrN4O3S/c1-26-16(24)8-15-17(25)22-18(27-15)23-21-9-11-2-4-12(5-3-11)14-7-6-13(19)10-20-14/h2-10H,1H3,(H,22,23,25)/b15-8+,21-9?. The number of methoxy groups -OCH3 is 1. The van der Waals surface area contributed by atoms with Crippen molar-refractivity contribution in [2.24, 2.45) is 10.2 Å². The predicted octanol–water partition coefficient (Wildman–Crippen LogP) is 3.12. The molecular formula is C18H13BrN4O3S. The van der Waals surface area contributed by atoms with Crippen molar-refractivity contribution in [2.75, 3.05) is 7.11 Å². The molecule has 27 heavy (non-hydrogen) atoms. The second-order valence-electron chi connectivity index (χ2n) is 5.22. The van der Waals surface area contributed by atoms with Gasteiger partial charge in [-0.3, -0.25) is 15.1 Å². The molecule has 0 spiro atoms. The maximum atomic E-state index is 11.7. The number of hydrogen-bond donors (Lipinski definition) is 1. The maximum Gasteiger partial charge on any atom is 0.331 e. The molecular weight excluding hydrogens is 432 g/mol. The number of amidine groups is 1. The number of carbonyl (C=O) groups is 2. The lowest BCUT2D eigenvalue weighted by molar-refractivity contribution is -0.135. The molecule has 1 saturated heterocycles. The molecule has 7 nitrogen and oxygen atoms in total. The lowest BCUT2D eigenvalue weighted by Crippen LogP contribution is -2.19. The summed E-state index contributed by atoms with van der Waals surface area (Å²) in [6, 6.07) is 11.5. The van der Waals surface area contributed by atoms with Crippen LogP contribution in [0.5, 0.6) is 0 Å². The molecule has 3 rings (SSSR count). The van der Waals surface area contributed by atoms with E-state index in [1.807, 2.05) is 36.4 Å². The Morgan fingerprint density at radius 2 is 2.04 bits per heavy atom. The number of nitrogens with zero attached hydrogens (tertiary/aromatic N) is 3. The molecule has 1 aromatic carbocycles. The highest BCUT2D eigenvalue weighted by molar-refractivity contribution is 9.10. The molecule has 2 heterocycles. The Hall–Kier alpha value is -2.78. The summed E-state index contributed by atoms with van der Waals surface area (Å²) in [5, 5.41) is 10.7. The van der Waals surface area contributed by atoms with Gasteiger partial charge in [-0.1, -0.05) is 24.3 Å². The van der Waals surface area contributed by atoms with Gasteiger partial charge in [0.05, 0.1) is 23.9 Å². The summed E-state index contributed by atoms with van der Waals surface area (Å²) in [7, 11) is 1.24. The summed E-state index contributed by atoms with van der Waals surface area (Å²) >= 11 is 4.38. The first-order valence-corrected chi connectivity index (χ1v) is 9.28. The summed E-state index contributed by atoms with van der Waals surface area (Å²) < 4.78 is 5.42. The van der Waals surface area contributed by atoms with Gasteiger partial charge in [0.2, 0.25) is 0 Å². The van der Waals surface area contributed by atoms with Crippen LogP contribution in [0.2, 0.25) is 0 Å². The van der Waals surface area contributed by atoms with Crippen LogP contribution in [-0.2, 0) is 14.3 Å². The number of benzene rings is 1. The average Bonchev–Trinajstić information content (AvgIpc) is 3.02. The summed E-state index contributed by atoms with van der Waals surface area (Å²) in [4.78, 5) is 27.5. The molecule has 0 aliphatic carbocycles. The van der Waals surface area contributed by atoms with Crippen LogP contribution in [0.1, 0.15) is 5.56 Å². The average molecular weight is 445 g/mol. The van der Waals surface area contributed by atoms with Crippen LogP contribution in [-0.4, -0.2) is 35.4 Å². The van der Waals surface area contributed by atoms with E-state index in [-0.39, 0.29) is 4.91 Å². The number of ether oxygens (including phenoxy) is 1. The van der Waals surface area contributed by atoms with Crippen LogP contribution >= 0.6 is 27.7 Å². The zero-order valence-corrected chi connectivity index (χ0v) is 16.5. The molecule has 9 heteroatoms. The van der Waals surface area contributed by atoms with Crippen LogP contribution < -0.4 is 5.32 Å². The normalized spacial score (nSPS) is 16.9. The second-order valence-corrected chi connectivity index (χ2v) is 7.17. The third-order valence-electron chi connectivity index (χ3n) is 3.39. The van der Waals surface area contributed by atoms with E-state index in [1.54, 1.807) is 12.4 Å². The zero-order chi connectivity index (χ0) is 19.2. The van der Waals surface area contributed by atoms with Gasteiger partial charge in [0, 0.05) is 22.3 Å². The molecule has 1 fully saturated rings. The Balaban J connectivity index is 1.65. The van der Waals surface area contributed by atoms with E-state index in [9.17, 15) is 9.59 Å². The fourth-order valence-corrected chi connectivity index (χ4v) is 3.05. The van der Waals surface area contributed by atoms with Crippen molar-refractivity contribution in [3.8, 4) is 11.3 Å². The van der Waals surface area contributed by atoms with Gasteiger partial charge in [0.15, 0.2) is 5.17 Å². The largest absolute Gasteiger partial charge is 0.466 e. The molecule has 1 N–H and O–H groups in total. The van der Waals surface area contributed by atoms with Gasteiger partial charge in [-0.15, -0.1) is 5.10 Å². The highest BCUT2D eigenvalue weighted by Gasteiger charge is 2.24. The summed E-state index contributed by atoms with van der Waals surface area (Å²) in [6.45, 7) is 0. The van der Waals surface area contributed by atoms with Crippen molar-refractivity contribution >= 4 is 51.0 Å². The predicted molar refractivity (Wildman–Crippen MR) is 108 cm³/mol. The van der Waals surface area contributed by atoms with E-state index >= 15 is 0 Å². The minimum absolute atomic E-state index is 0.210. The van der Waals surface area contributed by atoms with Gasteiger partial charge in [0.25, 0.3) is 5.91 Å². The van der Waals surface area contributed by atoms with Crippen molar-refractivity contribution in [3.05, 3.63) is 63.6 Å². The van der Waals surface area contributed by atoms with E-state index < -0.39 is 11.9 Å². The Bertz CT molecular complexity index is 954. The molecule has 0 radical (unpaired) electrons. The van der Waals surface area contributed by atoms with Gasteiger partial charge in [-0.2, -0.15) is 5.10 Å². The molecule has 1 amide bonds. The smallest absolute Gasteiger partial charge is 0.331 e. The lowest BCUT2D eigenvalue weighted by atomic mass is 10.1. The number of amides is 1. The number of carbonyl (C=O) groups excluding carboxylic acids is 2. The van der Waals surface area contributed by atoms with E-state index in [2.05, 4.69) is 41.2 Å². The molecule has 1 aromatic heterocycles. The number of esters is 1. The van der Waals surface area contributed by atoms with Gasteiger partial charge >= 0.3 is 5.97 Å². The lowest BCUT2D eigenvalue weighted by Gasteiger charge is -2.01. The van der Waals surface area contributed by atoms with Crippen molar-refractivity contribution in [1.82, 2.24) is 10.3 Å². The van der Waals surface area contributed by atoms with E-state index in [0.717, 1.165) is 39.1 Å². The van der Waals surface area contributed by atoms with Gasteiger partial charge in [-0.25, -0.2) is 4.79 Å². The number of nitrogens with one attached hydrogen (secondary N) is 1. The van der Waals surface area contributed by atoms with Crippen molar-refractivity contribution in [1.29, 1.82) is 0 Å². The zero-order valence-electron chi connectivity index (χ0n) is 14.0. The fraction of sp³-hybridized carbons (Fsp3) is 0.0556. The minimum atomic E-state index is -0.599. The molecule has 0 bridgehead atoms. The van der Waals surface area contributed by atoms with Crippen molar-refractivity contribution in [3.63, 3.8) is 0 Å². The van der Waals surface area contributed by atoms with Crippen LogP contribution in [0, 0.1) is 0 Å². The SMILES string of the molecule is COC(=O)/C=C1/S/C(=N\N=Cc2ccc(-c3ccc(Br)cn3)cc2)NC1=O. The van der Waals surface area contributed by atoms with Crippen LogP contribution in [0.4, 0.5) is 0 Å². The number of pyridine rings is 1. The second kappa shape index (κ2) is 8.74. The molecule has 2 aromatic rings. The Morgan fingerprint density at radius 3 is 2.70 bits per heavy atom. The molecule has 0 unspecified atom stereocenters. The van der Waals surface area contributed by atoms with E-state index in [0.29, 0.717) is 5.17 Å². The van der Waals surface area contributed by atoms with E-state index in [1.165, 1.54) is 7.11 Å². The first kappa shape index (κ1) is 19.0. The third kappa shape index (κ3) is 5.11. The topological polar surface area (TPSA) is 93.0 Å². The minimum Gasteiger partial charge on any atom is -0.466 e. The molecule has 1 aliphatic rings. The number of rotatable bonds is 4. The molecule has 1 aliphatic heterocycles.